The van der Waals surface area contributed by atoms with Gasteiger partial charge in [0.05, 0.1) is 25.6 Å². The molecule has 144 valence electrons. The molecule has 9 heteroatoms. The molecule has 9 nitrogen and oxygen atoms in total. The van der Waals surface area contributed by atoms with Crippen LogP contribution in [0.5, 0.6) is 0 Å². The lowest BCUT2D eigenvalue weighted by Gasteiger charge is -2.37. The Morgan fingerprint density at radius 2 is 2.15 bits per heavy atom. The summed E-state index contributed by atoms with van der Waals surface area (Å²) in [7, 11) is 3.69. The first kappa shape index (κ1) is 19.0. The number of hydrogen-bond acceptors (Lipinski definition) is 8. The predicted molar refractivity (Wildman–Crippen MR) is 98.2 cm³/mol. The zero-order valence-corrected chi connectivity index (χ0v) is 15.9. The van der Waals surface area contributed by atoms with Crippen LogP contribution in [0.1, 0.15) is 20.1 Å². The zero-order chi connectivity index (χ0) is 18.7. The maximum atomic E-state index is 9.60. The van der Waals surface area contributed by atoms with Crippen LogP contribution in [0.2, 0.25) is 0 Å². The van der Waals surface area contributed by atoms with E-state index >= 15 is 0 Å². The van der Waals surface area contributed by atoms with Gasteiger partial charge in [-0.15, -0.1) is 0 Å². The van der Waals surface area contributed by atoms with E-state index in [2.05, 4.69) is 38.6 Å². The Hall–Kier alpha value is -1.81. The lowest BCUT2D eigenvalue weighted by atomic mass is 10.2. The number of imidazole rings is 1. The van der Waals surface area contributed by atoms with Crippen molar-refractivity contribution in [3.63, 3.8) is 0 Å². The molecule has 0 aromatic carbocycles. The molecule has 26 heavy (non-hydrogen) atoms. The molecule has 0 saturated carbocycles. The molecular weight excluding hydrogens is 336 g/mol. The van der Waals surface area contributed by atoms with Gasteiger partial charge in [0.2, 0.25) is 0 Å². The fourth-order valence-corrected chi connectivity index (χ4v) is 3.10. The number of aliphatic hydroxyl groups is 1. The van der Waals surface area contributed by atoms with E-state index in [0.29, 0.717) is 25.7 Å². The number of aromatic nitrogens is 4. The summed E-state index contributed by atoms with van der Waals surface area (Å²) >= 11 is 0. The molecule has 0 aliphatic carbocycles. The van der Waals surface area contributed by atoms with Gasteiger partial charge in [-0.25, -0.2) is 15.0 Å². The highest BCUT2D eigenvalue weighted by Crippen LogP contribution is 2.27. The number of morpholine rings is 1. The number of anilines is 1. The number of ether oxygens (including phenoxy) is 2. The topological polar surface area (TPSA) is 88.8 Å². The largest absolute Gasteiger partial charge is 0.394 e. The van der Waals surface area contributed by atoms with Gasteiger partial charge in [-0.2, -0.15) is 0 Å². The van der Waals surface area contributed by atoms with Crippen LogP contribution >= 0.6 is 0 Å². The minimum absolute atomic E-state index is 0.0249. The van der Waals surface area contributed by atoms with E-state index in [1.165, 1.54) is 0 Å². The molecule has 0 bridgehead atoms. The van der Waals surface area contributed by atoms with Crippen molar-refractivity contribution in [3.05, 3.63) is 12.7 Å². The molecule has 2 aromatic rings. The lowest BCUT2D eigenvalue weighted by molar-refractivity contribution is -0.135. The summed E-state index contributed by atoms with van der Waals surface area (Å²) in [5.41, 5.74) is 1.49. The highest BCUT2D eigenvalue weighted by atomic mass is 16.5. The standard InChI is InChI=1S/C17H28N6O3/c1-12(2)21(3)16-15-17(19-10-18-16)23(11-20-15)14-8-22(5-6-25-4)7-13(9-24)26-14/h10-14,24H,5-9H2,1-4H3/t13-,14+/m0/s1. The molecule has 0 radical (unpaired) electrons. The van der Waals surface area contributed by atoms with Crippen molar-refractivity contribution in [2.45, 2.75) is 32.2 Å². The Balaban J connectivity index is 1.90. The molecular formula is C17H28N6O3. The number of aliphatic hydroxyl groups excluding tert-OH is 1. The van der Waals surface area contributed by atoms with Gasteiger partial charge in [-0.1, -0.05) is 0 Å². The first-order chi connectivity index (χ1) is 12.5. The van der Waals surface area contributed by atoms with E-state index in [9.17, 15) is 5.11 Å². The molecule has 1 saturated heterocycles. The van der Waals surface area contributed by atoms with E-state index in [4.69, 9.17) is 9.47 Å². The first-order valence-corrected chi connectivity index (χ1v) is 8.93. The molecule has 1 N–H and O–H groups in total. The van der Waals surface area contributed by atoms with Crippen LogP contribution in [0, 0.1) is 0 Å². The minimum Gasteiger partial charge on any atom is -0.394 e. The number of rotatable bonds is 7. The van der Waals surface area contributed by atoms with E-state index in [1.807, 2.05) is 11.6 Å². The van der Waals surface area contributed by atoms with Crippen molar-refractivity contribution in [1.82, 2.24) is 24.4 Å². The Morgan fingerprint density at radius 1 is 1.35 bits per heavy atom. The number of methoxy groups -OCH3 is 1. The number of hydrogen-bond donors (Lipinski definition) is 1. The normalized spacial score (nSPS) is 21.6. The number of nitrogens with zero attached hydrogens (tertiary/aromatic N) is 6. The Bertz CT molecular complexity index is 722. The van der Waals surface area contributed by atoms with Crippen molar-refractivity contribution >= 4 is 17.0 Å². The van der Waals surface area contributed by atoms with Crippen LogP contribution in [-0.4, -0.2) is 88.7 Å². The summed E-state index contributed by atoms with van der Waals surface area (Å²) < 4.78 is 13.2. The van der Waals surface area contributed by atoms with Crippen LogP contribution in [0.3, 0.4) is 0 Å². The van der Waals surface area contributed by atoms with Gasteiger partial charge in [0.1, 0.15) is 12.6 Å². The second-order valence-corrected chi connectivity index (χ2v) is 6.87. The third-order valence-corrected chi connectivity index (χ3v) is 4.80. The fraction of sp³-hybridized carbons (Fsp3) is 0.706. The maximum absolute atomic E-state index is 9.60. The van der Waals surface area contributed by atoms with Crippen molar-refractivity contribution in [3.8, 4) is 0 Å². The van der Waals surface area contributed by atoms with Gasteiger partial charge >= 0.3 is 0 Å². The van der Waals surface area contributed by atoms with Crippen LogP contribution in [0.4, 0.5) is 5.82 Å². The molecule has 1 aliphatic rings. The minimum atomic E-state index is -0.269. The summed E-state index contributed by atoms with van der Waals surface area (Å²) in [5.74, 6) is 0.800. The SMILES string of the molecule is COCCN1C[C@@H](CO)O[C@@H](n2cnc3c(N(C)C(C)C)ncnc32)C1. The average molecular weight is 364 g/mol. The van der Waals surface area contributed by atoms with Gasteiger partial charge < -0.3 is 19.5 Å². The molecule has 2 aromatic heterocycles. The summed E-state index contributed by atoms with van der Waals surface area (Å²) in [6, 6.07) is 0.299. The molecule has 1 fully saturated rings. The highest BCUT2D eigenvalue weighted by molar-refractivity contribution is 5.83. The molecule has 0 unspecified atom stereocenters. The van der Waals surface area contributed by atoms with Gasteiger partial charge in [-0.3, -0.25) is 9.47 Å². The summed E-state index contributed by atoms with van der Waals surface area (Å²) in [6.07, 6.45) is 2.79. The average Bonchev–Trinajstić information content (AvgIpc) is 3.09. The molecule has 1 aliphatic heterocycles. The molecule has 0 spiro atoms. The van der Waals surface area contributed by atoms with E-state index in [-0.39, 0.29) is 18.9 Å². The third-order valence-electron chi connectivity index (χ3n) is 4.80. The van der Waals surface area contributed by atoms with E-state index < -0.39 is 0 Å². The van der Waals surface area contributed by atoms with Crippen molar-refractivity contribution in [2.24, 2.45) is 0 Å². The fourth-order valence-electron chi connectivity index (χ4n) is 3.10. The summed E-state index contributed by atoms with van der Waals surface area (Å²) in [5, 5.41) is 9.60. The van der Waals surface area contributed by atoms with E-state index in [1.54, 1.807) is 19.8 Å². The molecule has 3 heterocycles. The second-order valence-electron chi connectivity index (χ2n) is 6.87. The smallest absolute Gasteiger partial charge is 0.167 e. The van der Waals surface area contributed by atoms with Crippen LogP contribution < -0.4 is 4.90 Å². The Morgan fingerprint density at radius 3 is 2.85 bits per heavy atom. The first-order valence-electron chi connectivity index (χ1n) is 8.93. The predicted octanol–water partition coefficient (Wildman–Crippen LogP) is 0.509. The van der Waals surface area contributed by atoms with Gasteiger partial charge in [0, 0.05) is 39.8 Å². The van der Waals surface area contributed by atoms with Crippen LogP contribution in [-0.2, 0) is 9.47 Å². The molecule has 2 atom stereocenters. The highest BCUT2D eigenvalue weighted by Gasteiger charge is 2.30. The van der Waals surface area contributed by atoms with Gasteiger partial charge in [0.25, 0.3) is 0 Å². The maximum Gasteiger partial charge on any atom is 0.167 e. The Kier molecular flexibility index (Phi) is 6.02. The molecule has 0 amide bonds. The van der Waals surface area contributed by atoms with Crippen LogP contribution in [0.15, 0.2) is 12.7 Å². The summed E-state index contributed by atoms with van der Waals surface area (Å²) in [6.45, 7) is 6.98. The Labute approximate surface area is 153 Å². The van der Waals surface area contributed by atoms with E-state index in [0.717, 1.165) is 23.5 Å². The van der Waals surface area contributed by atoms with Crippen molar-refractivity contribution < 1.29 is 14.6 Å². The summed E-state index contributed by atoms with van der Waals surface area (Å²) in [4.78, 5) is 17.7. The van der Waals surface area contributed by atoms with Crippen molar-refractivity contribution in [1.29, 1.82) is 0 Å². The quantitative estimate of drug-likeness (QED) is 0.760. The monoisotopic (exact) mass is 364 g/mol. The number of fused-ring (bicyclic) bond motifs is 1. The molecule has 3 rings (SSSR count). The van der Waals surface area contributed by atoms with Crippen molar-refractivity contribution in [2.75, 3.05) is 51.9 Å². The zero-order valence-electron chi connectivity index (χ0n) is 15.9. The van der Waals surface area contributed by atoms with Crippen LogP contribution in [0.25, 0.3) is 11.2 Å². The second kappa shape index (κ2) is 8.26. The van der Waals surface area contributed by atoms with Gasteiger partial charge in [-0.05, 0) is 13.8 Å². The third kappa shape index (κ3) is 3.80. The van der Waals surface area contributed by atoms with Gasteiger partial charge in [0.15, 0.2) is 17.0 Å². The lowest BCUT2D eigenvalue weighted by Crippen LogP contribution is -2.48.